The Morgan fingerprint density at radius 2 is 2.00 bits per heavy atom. The fourth-order valence-corrected chi connectivity index (χ4v) is 2.07. The zero-order chi connectivity index (χ0) is 11.1. The van der Waals surface area contributed by atoms with E-state index in [4.69, 9.17) is 9.84 Å². The summed E-state index contributed by atoms with van der Waals surface area (Å²) in [5.41, 5.74) is 0. The molecule has 0 aromatic carbocycles. The normalized spacial score (nSPS) is 14.5. The van der Waals surface area contributed by atoms with E-state index in [1.54, 1.807) is 20.8 Å². The molecule has 0 aromatic heterocycles. The van der Waals surface area contributed by atoms with Crippen LogP contribution in [0.5, 0.6) is 0 Å². The van der Waals surface area contributed by atoms with Crippen LogP contribution in [-0.2, 0) is 14.3 Å². The molecule has 0 heterocycles. The lowest BCUT2D eigenvalue weighted by molar-refractivity contribution is -0.142. The first-order chi connectivity index (χ1) is 6.47. The molecule has 0 amide bonds. The van der Waals surface area contributed by atoms with Crippen molar-refractivity contribution < 1.29 is 19.4 Å². The third-order valence-electron chi connectivity index (χ3n) is 1.52. The molecule has 0 saturated carbocycles. The standard InChI is InChI=1S/C9H16O4S/c1-4-13-9(12)7(3)14-6(2)5-8(10)11/h6-7H,4-5H2,1-3H3,(H,10,11). The number of aliphatic carboxylic acids is 1. The molecule has 1 N–H and O–H groups in total. The number of rotatable bonds is 6. The number of hydrogen-bond donors (Lipinski definition) is 1. The quantitative estimate of drug-likeness (QED) is 0.688. The molecular weight excluding hydrogens is 204 g/mol. The number of carbonyl (C=O) groups excluding carboxylic acids is 1. The van der Waals surface area contributed by atoms with E-state index < -0.39 is 5.97 Å². The van der Waals surface area contributed by atoms with Gasteiger partial charge < -0.3 is 9.84 Å². The molecule has 5 heteroatoms. The summed E-state index contributed by atoms with van der Waals surface area (Å²) in [6.45, 7) is 5.61. The van der Waals surface area contributed by atoms with Crippen LogP contribution in [-0.4, -0.2) is 34.2 Å². The van der Waals surface area contributed by atoms with Gasteiger partial charge in [0.2, 0.25) is 0 Å². The molecule has 0 bridgehead atoms. The predicted molar refractivity (Wildman–Crippen MR) is 55.4 cm³/mol. The molecule has 2 atom stereocenters. The highest BCUT2D eigenvalue weighted by atomic mass is 32.2. The number of carboxylic acids is 1. The van der Waals surface area contributed by atoms with Gasteiger partial charge >= 0.3 is 11.9 Å². The lowest BCUT2D eigenvalue weighted by atomic mass is 10.3. The molecular formula is C9H16O4S. The number of ether oxygens (including phenoxy) is 1. The third kappa shape index (κ3) is 5.85. The summed E-state index contributed by atoms with van der Waals surface area (Å²) in [4.78, 5) is 21.5. The van der Waals surface area contributed by atoms with Gasteiger partial charge in [-0.05, 0) is 13.8 Å². The van der Waals surface area contributed by atoms with Crippen LogP contribution in [0.15, 0.2) is 0 Å². The maximum atomic E-state index is 11.2. The number of thioether (sulfide) groups is 1. The van der Waals surface area contributed by atoms with Crippen LogP contribution in [0.1, 0.15) is 27.2 Å². The van der Waals surface area contributed by atoms with E-state index in [0.29, 0.717) is 6.61 Å². The summed E-state index contributed by atoms with van der Waals surface area (Å²) in [5, 5.41) is 8.13. The Morgan fingerprint density at radius 3 is 2.43 bits per heavy atom. The van der Waals surface area contributed by atoms with Gasteiger partial charge in [-0.2, -0.15) is 0 Å². The molecule has 0 aliphatic heterocycles. The maximum absolute atomic E-state index is 11.2. The van der Waals surface area contributed by atoms with E-state index in [1.165, 1.54) is 11.8 Å². The van der Waals surface area contributed by atoms with E-state index >= 15 is 0 Å². The molecule has 0 aromatic rings. The molecule has 82 valence electrons. The van der Waals surface area contributed by atoms with Crippen LogP contribution in [0, 0.1) is 0 Å². The van der Waals surface area contributed by atoms with Gasteiger partial charge in [0.15, 0.2) is 0 Å². The summed E-state index contributed by atoms with van der Waals surface area (Å²) in [7, 11) is 0. The van der Waals surface area contributed by atoms with Crippen LogP contribution >= 0.6 is 11.8 Å². The highest BCUT2D eigenvalue weighted by molar-refractivity contribution is 8.01. The van der Waals surface area contributed by atoms with Gasteiger partial charge in [0.05, 0.1) is 18.3 Å². The molecule has 0 saturated heterocycles. The molecule has 0 fully saturated rings. The van der Waals surface area contributed by atoms with Crippen LogP contribution in [0.3, 0.4) is 0 Å². The first-order valence-electron chi connectivity index (χ1n) is 4.51. The first-order valence-corrected chi connectivity index (χ1v) is 5.45. The van der Waals surface area contributed by atoms with Crippen molar-refractivity contribution in [1.82, 2.24) is 0 Å². The van der Waals surface area contributed by atoms with Crippen LogP contribution < -0.4 is 0 Å². The highest BCUT2D eigenvalue weighted by Crippen LogP contribution is 2.20. The van der Waals surface area contributed by atoms with Crippen molar-refractivity contribution >= 4 is 23.7 Å². The Kier molecular flexibility index (Phi) is 6.36. The molecule has 4 nitrogen and oxygen atoms in total. The molecule has 0 radical (unpaired) electrons. The predicted octanol–water partition coefficient (Wildman–Crippen LogP) is 1.53. The average Bonchev–Trinajstić information content (AvgIpc) is 2.02. The molecule has 14 heavy (non-hydrogen) atoms. The van der Waals surface area contributed by atoms with E-state index in [1.807, 2.05) is 0 Å². The molecule has 0 rings (SSSR count). The van der Waals surface area contributed by atoms with Crippen molar-refractivity contribution in [1.29, 1.82) is 0 Å². The Hall–Kier alpha value is -0.710. The van der Waals surface area contributed by atoms with Gasteiger partial charge in [-0.3, -0.25) is 9.59 Å². The summed E-state index contributed by atoms with van der Waals surface area (Å²) < 4.78 is 4.80. The van der Waals surface area contributed by atoms with Gasteiger partial charge in [0, 0.05) is 5.25 Å². The summed E-state index contributed by atoms with van der Waals surface area (Å²) in [5.74, 6) is -1.13. The Morgan fingerprint density at radius 1 is 1.43 bits per heavy atom. The van der Waals surface area contributed by atoms with E-state index in [-0.39, 0.29) is 22.9 Å². The zero-order valence-corrected chi connectivity index (χ0v) is 9.47. The topological polar surface area (TPSA) is 63.6 Å². The summed E-state index contributed by atoms with van der Waals surface area (Å²) in [6.07, 6.45) is 0.0639. The number of carbonyl (C=O) groups is 2. The Balaban J connectivity index is 3.86. The maximum Gasteiger partial charge on any atom is 0.318 e. The zero-order valence-electron chi connectivity index (χ0n) is 8.65. The second-order valence-electron chi connectivity index (χ2n) is 2.94. The van der Waals surface area contributed by atoms with Crippen molar-refractivity contribution in [3.05, 3.63) is 0 Å². The lowest BCUT2D eigenvalue weighted by Crippen LogP contribution is -2.20. The SMILES string of the molecule is CCOC(=O)C(C)SC(C)CC(=O)O. The number of hydrogen-bond acceptors (Lipinski definition) is 4. The van der Waals surface area contributed by atoms with Crippen LogP contribution in [0.2, 0.25) is 0 Å². The fourth-order valence-electron chi connectivity index (χ4n) is 0.958. The van der Waals surface area contributed by atoms with Crippen molar-refractivity contribution in [3.63, 3.8) is 0 Å². The minimum atomic E-state index is -0.846. The van der Waals surface area contributed by atoms with Crippen LogP contribution in [0.4, 0.5) is 0 Å². The number of esters is 1. The largest absolute Gasteiger partial charge is 0.481 e. The Bertz CT molecular complexity index is 205. The molecule has 0 aliphatic carbocycles. The van der Waals surface area contributed by atoms with Gasteiger partial charge in [-0.25, -0.2) is 0 Å². The highest BCUT2D eigenvalue weighted by Gasteiger charge is 2.19. The van der Waals surface area contributed by atoms with Crippen molar-refractivity contribution in [2.75, 3.05) is 6.61 Å². The van der Waals surface area contributed by atoms with Crippen LogP contribution in [0.25, 0.3) is 0 Å². The van der Waals surface area contributed by atoms with Crippen molar-refractivity contribution in [2.24, 2.45) is 0 Å². The molecule has 2 unspecified atom stereocenters. The second kappa shape index (κ2) is 6.70. The first kappa shape index (κ1) is 13.3. The average molecular weight is 220 g/mol. The fraction of sp³-hybridized carbons (Fsp3) is 0.778. The smallest absolute Gasteiger partial charge is 0.318 e. The van der Waals surface area contributed by atoms with Crippen molar-refractivity contribution in [3.8, 4) is 0 Å². The van der Waals surface area contributed by atoms with Crippen molar-refractivity contribution in [2.45, 2.75) is 37.7 Å². The van der Waals surface area contributed by atoms with Gasteiger partial charge in [0.25, 0.3) is 0 Å². The van der Waals surface area contributed by atoms with Gasteiger partial charge in [-0.15, -0.1) is 11.8 Å². The number of carboxylic acid groups (broad SMARTS) is 1. The molecule has 0 aliphatic rings. The van der Waals surface area contributed by atoms with Gasteiger partial charge in [-0.1, -0.05) is 6.92 Å². The Labute approximate surface area is 88.0 Å². The summed E-state index contributed by atoms with van der Waals surface area (Å²) in [6, 6.07) is 0. The summed E-state index contributed by atoms with van der Waals surface area (Å²) >= 11 is 1.32. The monoisotopic (exact) mass is 220 g/mol. The van der Waals surface area contributed by atoms with Gasteiger partial charge in [0.1, 0.15) is 0 Å². The molecule has 0 spiro atoms. The lowest BCUT2D eigenvalue weighted by Gasteiger charge is -2.14. The third-order valence-corrected chi connectivity index (χ3v) is 2.75. The minimum Gasteiger partial charge on any atom is -0.481 e. The van der Waals surface area contributed by atoms with E-state index in [9.17, 15) is 9.59 Å². The van der Waals surface area contributed by atoms with E-state index in [0.717, 1.165) is 0 Å². The minimum absolute atomic E-state index is 0.0639. The van der Waals surface area contributed by atoms with E-state index in [2.05, 4.69) is 0 Å². The second-order valence-corrected chi connectivity index (χ2v) is 4.72.